The molecule has 9 heteroatoms. The molecule has 0 fully saturated rings. The quantitative estimate of drug-likeness (QED) is 0.103. The van der Waals surface area contributed by atoms with Gasteiger partial charge in [0.2, 0.25) is 5.76 Å². The van der Waals surface area contributed by atoms with Crippen LogP contribution in [0.4, 0.5) is 26.3 Å². The van der Waals surface area contributed by atoms with Gasteiger partial charge in [-0.3, -0.25) is 0 Å². The van der Waals surface area contributed by atoms with Crippen molar-refractivity contribution in [3.05, 3.63) is 144 Å². The van der Waals surface area contributed by atoms with Gasteiger partial charge in [0.15, 0.2) is 0 Å². The molecule has 200 valence electrons. The summed E-state index contributed by atoms with van der Waals surface area (Å²) >= 11 is 0. The first-order valence-electron chi connectivity index (χ1n) is 11.7. The van der Waals surface area contributed by atoms with Gasteiger partial charge in [-0.15, -0.1) is 0 Å². The molecular formula is C30H22F6OP2. The highest BCUT2D eigenvalue weighted by molar-refractivity contribution is 7.77. The van der Waals surface area contributed by atoms with Crippen LogP contribution in [0, 0.1) is 0 Å². The second-order valence-electron chi connectivity index (χ2n) is 8.28. The minimum absolute atomic E-state index is 0.239. The van der Waals surface area contributed by atoms with Crippen LogP contribution in [0.25, 0.3) is 0 Å². The minimum atomic E-state index is -5.41. The molecule has 0 aliphatic carbocycles. The summed E-state index contributed by atoms with van der Waals surface area (Å²) in [5, 5.41) is 10.9. The number of alkyl halides is 6. The number of benzene rings is 4. The standard InChI is InChI=1S/C30H22F6OP2/c31-29(32,33)26(21-38(22-13-5-1-6-14-22)23-15-7-2-8-16-23)27(28(37)30(34,35)36)39(24-17-9-3-10-18-24)25-19-11-4-12-20-25/h1-21,37H. The summed E-state index contributed by atoms with van der Waals surface area (Å²) in [6.45, 7) is 0. The molecule has 0 aliphatic heterocycles. The van der Waals surface area contributed by atoms with Crippen molar-refractivity contribution in [1.82, 2.24) is 0 Å². The molecule has 4 rings (SSSR count). The van der Waals surface area contributed by atoms with Crippen LogP contribution in [0.2, 0.25) is 0 Å². The number of rotatable bonds is 7. The lowest BCUT2D eigenvalue weighted by Crippen LogP contribution is -2.25. The first-order valence-corrected chi connectivity index (χ1v) is 14.4. The van der Waals surface area contributed by atoms with Crippen molar-refractivity contribution >= 4 is 37.1 Å². The molecule has 4 aromatic carbocycles. The van der Waals surface area contributed by atoms with E-state index in [1.165, 1.54) is 24.3 Å². The monoisotopic (exact) mass is 574 g/mol. The second-order valence-corrected chi connectivity index (χ2v) is 12.5. The molecule has 0 saturated carbocycles. The normalized spacial score (nSPS) is 13.5. The van der Waals surface area contributed by atoms with Gasteiger partial charge < -0.3 is 5.11 Å². The van der Waals surface area contributed by atoms with Gasteiger partial charge in [0.25, 0.3) is 0 Å². The van der Waals surface area contributed by atoms with E-state index in [-0.39, 0.29) is 10.6 Å². The van der Waals surface area contributed by atoms with Gasteiger partial charge in [-0.2, -0.15) is 26.3 Å². The Kier molecular flexibility index (Phi) is 8.94. The lowest BCUT2D eigenvalue weighted by Gasteiger charge is -2.28. The average molecular weight is 574 g/mol. The molecule has 0 amide bonds. The van der Waals surface area contributed by atoms with Crippen molar-refractivity contribution in [2.75, 3.05) is 0 Å². The van der Waals surface area contributed by atoms with Crippen LogP contribution >= 0.6 is 15.8 Å². The highest BCUT2D eigenvalue weighted by atomic mass is 31.1. The average Bonchev–Trinajstić information content (AvgIpc) is 2.93. The van der Waals surface area contributed by atoms with E-state index in [4.69, 9.17) is 0 Å². The molecule has 1 nitrogen and oxygen atoms in total. The van der Waals surface area contributed by atoms with Gasteiger partial charge >= 0.3 is 12.4 Å². The molecule has 0 atom stereocenters. The van der Waals surface area contributed by atoms with Crippen LogP contribution in [-0.2, 0) is 0 Å². The predicted molar refractivity (Wildman–Crippen MR) is 148 cm³/mol. The summed E-state index contributed by atoms with van der Waals surface area (Å²) in [7, 11) is -4.35. The Labute approximate surface area is 224 Å². The maximum Gasteiger partial charge on any atom is 0.449 e. The van der Waals surface area contributed by atoms with Gasteiger partial charge in [-0.25, -0.2) is 0 Å². The third-order valence-electron chi connectivity index (χ3n) is 5.63. The van der Waals surface area contributed by atoms with E-state index in [9.17, 15) is 31.4 Å². The summed E-state index contributed by atoms with van der Waals surface area (Å²) in [5.74, 6) is -1.39. The van der Waals surface area contributed by atoms with E-state index in [1.54, 1.807) is 97.1 Å². The Balaban J connectivity index is 2.08. The van der Waals surface area contributed by atoms with Crippen LogP contribution < -0.4 is 21.2 Å². The van der Waals surface area contributed by atoms with Crippen molar-refractivity contribution in [1.29, 1.82) is 0 Å². The Morgan fingerprint density at radius 1 is 0.513 bits per heavy atom. The van der Waals surface area contributed by atoms with E-state index in [1.807, 2.05) is 0 Å². The molecule has 0 radical (unpaired) electrons. The molecule has 0 spiro atoms. The van der Waals surface area contributed by atoms with E-state index < -0.39 is 44.8 Å². The van der Waals surface area contributed by atoms with E-state index in [0.717, 1.165) is 5.82 Å². The maximum absolute atomic E-state index is 14.9. The number of hydrogen-bond donors (Lipinski definition) is 1. The smallest absolute Gasteiger partial charge is 0.449 e. The Morgan fingerprint density at radius 3 is 1.15 bits per heavy atom. The number of aliphatic hydroxyl groups excluding tert-OH is 1. The molecule has 1 N–H and O–H groups in total. The molecule has 0 bridgehead atoms. The van der Waals surface area contributed by atoms with Crippen molar-refractivity contribution in [3.63, 3.8) is 0 Å². The third kappa shape index (κ3) is 6.98. The largest absolute Gasteiger partial charge is 0.504 e. The molecular weight excluding hydrogens is 552 g/mol. The van der Waals surface area contributed by atoms with Gasteiger partial charge in [0.05, 0.1) is 5.57 Å². The number of hydrogen-bond acceptors (Lipinski definition) is 1. The zero-order valence-electron chi connectivity index (χ0n) is 20.2. The fourth-order valence-corrected chi connectivity index (χ4v) is 8.67. The summed E-state index contributed by atoms with van der Waals surface area (Å²) in [6.07, 6.45) is -10.6. The van der Waals surface area contributed by atoms with E-state index in [0.29, 0.717) is 10.6 Å². The Bertz CT molecular complexity index is 1340. The topological polar surface area (TPSA) is 20.2 Å². The maximum atomic E-state index is 14.9. The highest BCUT2D eigenvalue weighted by Gasteiger charge is 2.47. The zero-order chi connectivity index (χ0) is 28.0. The lowest BCUT2D eigenvalue weighted by molar-refractivity contribution is -0.122. The number of aliphatic hydroxyl groups is 1. The van der Waals surface area contributed by atoms with Crippen LogP contribution in [0.5, 0.6) is 0 Å². The third-order valence-corrected chi connectivity index (χ3v) is 10.4. The minimum Gasteiger partial charge on any atom is -0.504 e. The summed E-state index contributed by atoms with van der Waals surface area (Å²) in [6, 6.07) is 32.0. The second kappa shape index (κ2) is 12.2. The van der Waals surface area contributed by atoms with E-state index >= 15 is 0 Å². The molecule has 0 unspecified atom stereocenters. The van der Waals surface area contributed by atoms with Gasteiger partial charge in [0.1, 0.15) is 0 Å². The zero-order valence-corrected chi connectivity index (χ0v) is 22.0. The Morgan fingerprint density at radius 2 is 0.846 bits per heavy atom. The lowest BCUT2D eigenvalue weighted by atomic mass is 10.2. The van der Waals surface area contributed by atoms with E-state index in [2.05, 4.69) is 0 Å². The van der Waals surface area contributed by atoms with Crippen molar-refractivity contribution in [2.45, 2.75) is 12.4 Å². The number of allylic oxidation sites excluding steroid dienone is 3. The molecule has 39 heavy (non-hydrogen) atoms. The van der Waals surface area contributed by atoms with Crippen LogP contribution in [0.1, 0.15) is 0 Å². The SMILES string of the molecule is OC(=C(C(=CP(c1ccccc1)c1ccccc1)C(F)(F)F)P(c1ccccc1)c1ccccc1)C(F)(F)F. The summed E-state index contributed by atoms with van der Waals surface area (Å²) in [4.78, 5) is 0. The molecule has 0 saturated heterocycles. The van der Waals surface area contributed by atoms with Gasteiger partial charge in [0, 0.05) is 5.31 Å². The molecule has 4 aromatic rings. The van der Waals surface area contributed by atoms with Crippen LogP contribution in [0.3, 0.4) is 0 Å². The first kappa shape index (κ1) is 28.6. The fraction of sp³-hybridized carbons (Fsp3) is 0.0667. The predicted octanol–water partition coefficient (Wildman–Crippen LogP) is 8.03. The highest BCUT2D eigenvalue weighted by Crippen LogP contribution is 2.56. The van der Waals surface area contributed by atoms with Crippen molar-refractivity contribution in [2.24, 2.45) is 0 Å². The fourth-order valence-electron chi connectivity index (χ4n) is 3.92. The summed E-state index contributed by atoms with van der Waals surface area (Å²) in [5.41, 5.74) is -1.50. The van der Waals surface area contributed by atoms with Crippen LogP contribution in [-0.4, -0.2) is 17.5 Å². The molecule has 0 heterocycles. The molecule has 0 aromatic heterocycles. The van der Waals surface area contributed by atoms with Gasteiger partial charge in [-0.05, 0) is 42.9 Å². The summed E-state index contributed by atoms with van der Waals surface area (Å²) < 4.78 is 87.2. The van der Waals surface area contributed by atoms with Crippen molar-refractivity contribution in [3.8, 4) is 0 Å². The van der Waals surface area contributed by atoms with Gasteiger partial charge in [-0.1, -0.05) is 121 Å². The van der Waals surface area contributed by atoms with Crippen LogP contribution in [0.15, 0.2) is 144 Å². The Hall–Kier alpha value is -3.40. The molecule has 0 aliphatic rings. The first-order chi connectivity index (χ1) is 18.6. The number of halogens is 6. The van der Waals surface area contributed by atoms with Crippen molar-refractivity contribution < 1.29 is 31.4 Å².